The Balaban J connectivity index is 2.40. The van der Waals surface area contributed by atoms with Crippen LogP contribution in [0.4, 0.5) is 0 Å². The van der Waals surface area contributed by atoms with Crippen LogP contribution in [0.3, 0.4) is 0 Å². The minimum atomic E-state index is -0.789. The molecular formula is C15H26N2O4. The van der Waals surface area contributed by atoms with Gasteiger partial charge in [0.1, 0.15) is 0 Å². The average Bonchev–Trinajstić information content (AvgIpc) is 2.46. The number of carboxylic acids is 1. The monoisotopic (exact) mass is 298 g/mol. The van der Waals surface area contributed by atoms with Gasteiger partial charge in [-0.3, -0.25) is 14.4 Å². The third-order valence-electron chi connectivity index (χ3n) is 4.22. The number of likely N-dealkylation sites (tertiary alicyclic amines) is 1. The van der Waals surface area contributed by atoms with Crippen LogP contribution in [0.25, 0.3) is 0 Å². The highest BCUT2D eigenvalue weighted by Gasteiger charge is 2.27. The van der Waals surface area contributed by atoms with Crippen molar-refractivity contribution in [2.24, 2.45) is 11.8 Å². The number of aliphatic carboxylic acids is 1. The third kappa shape index (κ3) is 5.36. The molecule has 0 aliphatic carbocycles. The zero-order valence-electron chi connectivity index (χ0n) is 13.2. The van der Waals surface area contributed by atoms with Crippen LogP contribution >= 0.6 is 0 Å². The maximum atomic E-state index is 12.1. The molecule has 1 saturated heterocycles. The van der Waals surface area contributed by atoms with Crippen molar-refractivity contribution in [1.82, 2.24) is 9.80 Å². The molecule has 6 heteroatoms. The lowest BCUT2D eigenvalue weighted by atomic mass is 9.97. The highest BCUT2D eigenvalue weighted by Crippen LogP contribution is 2.17. The minimum Gasteiger partial charge on any atom is -0.481 e. The standard InChI is InChI=1S/C15H26N2O4/c1-4-11(2)9-13(18)16(3)10-14(19)17-7-5-12(6-8-17)15(20)21/h11-12H,4-10H2,1-3H3,(H,20,21). The van der Waals surface area contributed by atoms with Crippen molar-refractivity contribution in [3.05, 3.63) is 0 Å². The van der Waals surface area contributed by atoms with E-state index >= 15 is 0 Å². The number of carbonyl (C=O) groups excluding carboxylic acids is 2. The number of carbonyl (C=O) groups is 3. The van der Waals surface area contributed by atoms with Crippen LogP contribution in [0.1, 0.15) is 39.5 Å². The van der Waals surface area contributed by atoms with Crippen LogP contribution < -0.4 is 0 Å². The second kappa shape index (κ2) is 8.00. The van der Waals surface area contributed by atoms with E-state index in [1.807, 2.05) is 13.8 Å². The predicted octanol–water partition coefficient (Wildman–Crippen LogP) is 1.20. The number of likely N-dealkylation sites (N-methyl/N-ethyl adjacent to an activating group) is 1. The van der Waals surface area contributed by atoms with Crippen molar-refractivity contribution in [2.45, 2.75) is 39.5 Å². The predicted molar refractivity (Wildman–Crippen MR) is 78.6 cm³/mol. The Hall–Kier alpha value is -1.59. The van der Waals surface area contributed by atoms with E-state index in [4.69, 9.17) is 5.11 Å². The fraction of sp³-hybridized carbons (Fsp3) is 0.800. The normalized spacial score (nSPS) is 17.4. The summed E-state index contributed by atoms with van der Waals surface area (Å²) in [6, 6.07) is 0. The molecule has 2 amide bonds. The number of hydrogen-bond donors (Lipinski definition) is 1. The van der Waals surface area contributed by atoms with Crippen molar-refractivity contribution < 1.29 is 19.5 Å². The molecule has 0 spiro atoms. The number of amides is 2. The van der Waals surface area contributed by atoms with E-state index in [-0.39, 0.29) is 24.3 Å². The summed E-state index contributed by atoms with van der Waals surface area (Å²) in [6.45, 7) is 5.05. The lowest BCUT2D eigenvalue weighted by Gasteiger charge is -2.31. The van der Waals surface area contributed by atoms with E-state index in [1.165, 1.54) is 4.90 Å². The first-order valence-corrected chi connectivity index (χ1v) is 7.59. The second-order valence-electron chi connectivity index (χ2n) is 5.96. The van der Waals surface area contributed by atoms with Gasteiger partial charge in [0.15, 0.2) is 0 Å². The van der Waals surface area contributed by atoms with E-state index in [2.05, 4.69) is 0 Å². The molecule has 6 nitrogen and oxygen atoms in total. The molecular weight excluding hydrogens is 272 g/mol. The molecule has 0 aromatic rings. The third-order valence-corrected chi connectivity index (χ3v) is 4.22. The Kier molecular flexibility index (Phi) is 6.65. The summed E-state index contributed by atoms with van der Waals surface area (Å²) in [5.74, 6) is -0.930. The summed E-state index contributed by atoms with van der Waals surface area (Å²) in [5.41, 5.74) is 0. The molecule has 0 saturated carbocycles. The first-order chi connectivity index (χ1) is 9.85. The highest BCUT2D eigenvalue weighted by atomic mass is 16.4. The second-order valence-corrected chi connectivity index (χ2v) is 5.96. The quantitative estimate of drug-likeness (QED) is 0.799. The summed E-state index contributed by atoms with van der Waals surface area (Å²) < 4.78 is 0. The van der Waals surface area contributed by atoms with Gasteiger partial charge in [0.25, 0.3) is 0 Å². The highest BCUT2D eigenvalue weighted by molar-refractivity contribution is 5.85. The first-order valence-electron chi connectivity index (χ1n) is 7.59. The van der Waals surface area contributed by atoms with Crippen molar-refractivity contribution in [1.29, 1.82) is 0 Å². The van der Waals surface area contributed by atoms with E-state index in [0.717, 1.165) is 6.42 Å². The Morgan fingerprint density at radius 3 is 2.33 bits per heavy atom. The van der Waals surface area contributed by atoms with Crippen LogP contribution in [-0.2, 0) is 14.4 Å². The van der Waals surface area contributed by atoms with Gasteiger partial charge in [0, 0.05) is 26.6 Å². The van der Waals surface area contributed by atoms with Crippen molar-refractivity contribution in [3.8, 4) is 0 Å². The van der Waals surface area contributed by atoms with Crippen LogP contribution in [0, 0.1) is 11.8 Å². The van der Waals surface area contributed by atoms with Gasteiger partial charge in [-0.2, -0.15) is 0 Å². The van der Waals surface area contributed by atoms with Gasteiger partial charge in [-0.25, -0.2) is 0 Å². The molecule has 1 heterocycles. The average molecular weight is 298 g/mol. The van der Waals surface area contributed by atoms with E-state index in [1.54, 1.807) is 11.9 Å². The van der Waals surface area contributed by atoms with E-state index < -0.39 is 5.97 Å². The SMILES string of the molecule is CCC(C)CC(=O)N(C)CC(=O)N1CCC(C(=O)O)CC1. The Morgan fingerprint density at radius 1 is 1.29 bits per heavy atom. The van der Waals surface area contributed by atoms with Gasteiger partial charge < -0.3 is 14.9 Å². The Morgan fingerprint density at radius 2 is 1.86 bits per heavy atom. The zero-order valence-corrected chi connectivity index (χ0v) is 13.2. The van der Waals surface area contributed by atoms with Crippen molar-refractivity contribution in [3.63, 3.8) is 0 Å². The van der Waals surface area contributed by atoms with Gasteiger partial charge in [-0.05, 0) is 18.8 Å². The van der Waals surface area contributed by atoms with Gasteiger partial charge in [0.05, 0.1) is 12.5 Å². The molecule has 1 atom stereocenters. The van der Waals surface area contributed by atoms with Crippen molar-refractivity contribution in [2.75, 3.05) is 26.7 Å². The number of hydrogen-bond acceptors (Lipinski definition) is 3. The molecule has 120 valence electrons. The molecule has 0 radical (unpaired) electrons. The number of nitrogens with zero attached hydrogens (tertiary/aromatic N) is 2. The maximum Gasteiger partial charge on any atom is 0.306 e. The summed E-state index contributed by atoms with van der Waals surface area (Å²) in [7, 11) is 1.65. The van der Waals surface area contributed by atoms with Gasteiger partial charge in [0.2, 0.25) is 11.8 Å². The molecule has 1 N–H and O–H groups in total. The molecule has 0 aromatic heterocycles. The van der Waals surface area contributed by atoms with Crippen LogP contribution in [0.15, 0.2) is 0 Å². The molecule has 0 bridgehead atoms. The van der Waals surface area contributed by atoms with E-state index in [9.17, 15) is 14.4 Å². The molecule has 1 fully saturated rings. The lowest BCUT2D eigenvalue weighted by molar-refractivity contribution is -0.146. The van der Waals surface area contributed by atoms with Crippen LogP contribution in [0.2, 0.25) is 0 Å². The fourth-order valence-electron chi connectivity index (χ4n) is 2.37. The largest absolute Gasteiger partial charge is 0.481 e. The summed E-state index contributed by atoms with van der Waals surface area (Å²) in [4.78, 5) is 38.1. The molecule has 1 unspecified atom stereocenters. The minimum absolute atomic E-state index is 0.0156. The molecule has 21 heavy (non-hydrogen) atoms. The Bertz CT molecular complexity index is 389. The number of carboxylic acid groups (broad SMARTS) is 1. The topological polar surface area (TPSA) is 77.9 Å². The number of rotatable bonds is 6. The first kappa shape index (κ1) is 17.5. The van der Waals surface area contributed by atoms with Crippen molar-refractivity contribution >= 4 is 17.8 Å². The van der Waals surface area contributed by atoms with Gasteiger partial charge >= 0.3 is 5.97 Å². The maximum absolute atomic E-state index is 12.1. The van der Waals surface area contributed by atoms with Crippen LogP contribution in [0.5, 0.6) is 0 Å². The number of piperidine rings is 1. The van der Waals surface area contributed by atoms with Crippen LogP contribution in [-0.4, -0.2) is 59.4 Å². The molecule has 1 aliphatic heterocycles. The van der Waals surface area contributed by atoms with Gasteiger partial charge in [-0.15, -0.1) is 0 Å². The molecule has 1 rings (SSSR count). The van der Waals surface area contributed by atoms with Gasteiger partial charge in [-0.1, -0.05) is 20.3 Å². The zero-order chi connectivity index (χ0) is 16.0. The molecule has 0 aromatic carbocycles. The fourth-order valence-corrected chi connectivity index (χ4v) is 2.37. The summed E-state index contributed by atoms with van der Waals surface area (Å²) in [5, 5.41) is 8.93. The Labute approximate surface area is 126 Å². The molecule has 1 aliphatic rings. The smallest absolute Gasteiger partial charge is 0.306 e. The summed E-state index contributed by atoms with van der Waals surface area (Å²) in [6.07, 6.45) is 2.38. The van der Waals surface area contributed by atoms with E-state index in [0.29, 0.717) is 38.3 Å². The summed E-state index contributed by atoms with van der Waals surface area (Å²) >= 11 is 0. The lowest BCUT2D eigenvalue weighted by Crippen LogP contribution is -2.45.